The fourth-order valence-corrected chi connectivity index (χ4v) is 4.43. The standard InChI is InChI=1S/C12H15ClO3/c13-10(14)11(15)16-12-4-7-1-8(5-12)3-9(2-7)6-12/h7-9H,1-6H2. The molecule has 0 aromatic carbocycles. The number of hydrogen-bond donors (Lipinski definition) is 0. The van der Waals surface area contributed by atoms with Crippen molar-refractivity contribution < 1.29 is 14.3 Å². The van der Waals surface area contributed by atoms with Crippen molar-refractivity contribution in [2.75, 3.05) is 0 Å². The fraction of sp³-hybridized carbons (Fsp3) is 0.833. The van der Waals surface area contributed by atoms with E-state index in [0.717, 1.165) is 19.3 Å². The first kappa shape index (κ1) is 10.6. The summed E-state index contributed by atoms with van der Waals surface area (Å²) in [5.41, 5.74) is -0.351. The van der Waals surface area contributed by atoms with Crippen molar-refractivity contribution >= 4 is 22.8 Å². The highest BCUT2D eigenvalue weighted by molar-refractivity contribution is 6.80. The van der Waals surface area contributed by atoms with Gasteiger partial charge in [-0.15, -0.1) is 0 Å². The highest BCUT2D eigenvalue weighted by Gasteiger charge is 2.53. The van der Waals surface area contributed by atoms with E-state index in [1.54, 1.807) is 0 Å². The monoisotopic (exact) mass is 242 g/mol. The van der Waals surface area contributed by atoms with Crippen LogP contribution in [0.1, 0.15) is 38.5 Å². The van der Waals surface area contributed by atoms with Gasteiger partial charge in [-0.2, -0.15) is 0 Å². The second kappa shape index (κ2) is 3.46. The Kier molecular flexibility index (Phi) is 2.29. The number of carbonyl (C=O) groups is 2. The maximum Gasteiger partial charge on any atom is 0.391 e. The molecule has 16 heavy (non-hydrogen) atoms. The summed E-state index contributed by atoms with van der Waals surface area (Å²) in [4.78, 5) is 22.1. The van der Waals surface area contributed by atoms with Crippen LogP contribution in [0.3, 0.4) is 0 Å². The molecule has 0 unspecified atom stereocenters. The Balaban J connectivity index is 1.78. The van der Waals surface area contributed by atoms with Crippen LogP contribution in [-0.2, 0) is 14.3 Å². The number of hydrogen-bond acceptors (Lipinski definition) is 3. The molecule has 0 amide bonds. The minimum absolute atomic E-state index is 0.351. The van der Waals surface area contributed by atoms with E-state index in [-0.39, 0.29) is 5.60 Å². The summed E-state index contributed by atoms with van der Waals surface area (Å²) >= 11 is 5.15. The van der Waals surface area contributed by atoms with Crippen LogP contribution in [0.4, 0.5) is 0 Å². The summed E-state index contributed by atoms with van der Waals surface area (Å²) in [5, 5.41) is -0.990. The van der Waals surface area contributed by atoms with E-state index in [1.807, 2.05) is 0 Å². The Morgan fingerprint density at radius 2 is 1.44 bits per heavy atom. The zero-order valence-corrected chi connectivity index (χ0v) is 9.83. The molecular formula is C12H15ClO3. The molecule has 0 heterocycles. The molecule has 0 spiro atoms. The van der Waals surface area contributed by atoms with Crippen molar-refractivity contribution in [1.29, 1.82) is 0 Å². The highest BCUT2D eigenvalue weighted by Crippen LogP contribution is 2.57. The lowest BCUT2D eigenvalue weighted by Crippen LogP contribution is -2.53. The molecule has 3 nitrogen and oxygen atoms in total. The molecule has 4 bridgehead atoms. The summed E-state index contributed by atoms with van der Waals surface area (Å²) in [6, 6.07) is 0. The lowest BCUT2D eigenvalue weighted by Gasteiger charge is -2.55. The van der Waals surface area contributed by atoms with Crippen LogP contribution in [0.2, 0.25) is 0 Å². The van der Waals surface area contributed by atoms with Gasteiger partial charge >= 0.3 is 11.2 Å². The average Bonchev–Trinajstić information content (AvgIpc) is 2.13. The topological polar surface area (TPSA) is 43.4 Å². The van der Waals surface area contributed by atoms with Crippen LogP contribution < -0.4 is 0 Å². The molecule has 4 aliphatic rings. The van der Waals surface area contributed by atoms with Crippen molar-refractivity contribution in [3.05, 3.63) is 0 Å². The first-order valence-corrected chi connectivity index (χ1v) is 6.37. The summed E-state index contributed by atoms with van der Waals surface area (Å²) in [6.45, 7) is 0. The molecule has 0 aromatic heterocycles. The Bertz CT molecular complexity index is 315. The van der Waals surface area contributed by atoms with E-state index in [4.69, 9.17) is 16.3 Å². The number of esters is 1. The van der Waals surface area contributed by atoms with Gasteiger partial charge in [0.15, 0.2) is 0 Å². The summed E-state index contributed by atoms with van der Waals surface area (Å²) in [5.74, 6) is 1.24. The predicted octanol–water partition coefficient (Wildman–Crippen LogP) is 2.26. The van der Waals surface area contributed by atoms with Gasteiger partial charge in [0, 0.05) is 0 Å². The summed E-state index contributed by atoms with van der Waals surface area (Å²) in [7, 11) is 0. The number of rotatable bonds is 2. The van der Waals surface area contributed by atoms with Crippen LogP contribution in [0.5, 0.6) is 0 Å². The van der Waals surface area contributed by atoms with E-state index < -0.39 is 11.2 Å². The van der Waals surface area contributed by atoms with E-state index >= 15 is 0 Å². The Labute approximate surface area is 99.5 Å². The number of carbonyl (C=O) groups excluding carboxylic acids is 2. The number of halogens is 1. The first-order chi connectivity index (χ1) is 7.56. The second-order valence-corrected chi connectivity index (χ2v) is 6.11. The average molecular weight is 243 g/mol. The minimum atomic E-state index is -0.990. The zero-order chi connectivity index (χ0) is 11.3. The third kappa shape index (κ3) is 1.65. The first-order valence-electron chi connectivity index (χ1n) is 5.99. The SMILES string of the molecule is O=C(Cl)C(=O)OC12CC3CC(CC(C3)C1)C2. The van der Waals surface area contributed by atoms with Crippen molar-refractivity contribution in [2.45, 2.75) is 44.1 Å². The van der Waals surface area contributed by atoms with Gasteiger partial charge in [-0.05, 0) is 67.9 Å². The molecule has 0 atom stereocenters. The van der Waals surface area contributed by atoms with E-state index in [2.05, 4.69) is 0 Å². The Morgan fingerprint density at radius 1 is 1.00 bits per heavy atom. The molecular weight excluding hydrogens is 228 g/mol. The van der Waals surface area contributed by atoms with Gasteiger partial charge < -0.3 is 4.74 Å². The van der Waals surface area contributed by atoms with Crippen molar-refractivity contribution in [3.8, 4) is 0 Å². The number of ether oxygens (including phenoxy) is 1. The van der Waals surface area contributed by atoms with Crippen LogP contribution >= 0.6 is 11.6 Å². The fourth-order valence-electron chi connectivity index (χ4n) is 4.39. The van der Waals surface area contributed by atoms with Crippen molar-refractivity contribution in [1.82, 2.24) is 0 Å². The minimum Gasteiger partial charge on any atom is -0.452 e. The largest absolute Gasteiger partial charge is 0.452 e. The molecule has 4 heteroatoms. The van der Waals surface area contributed by atoms with E-state index in [0.29, 0.717) is 17.8 Å². The van der Waals surface area contributed by atoms with E-state index in [9.17, 15) is 9.59 Å². The lowest BCUT2D eigenvalue weighted by atomic mass is 9.54. The zero-order valence-electron chi connectivity index (χ0n) is 9.08. The van der Waals surface area contributed by atoms with Crippen LogP contribution in [0.15, 0.2) is 0 Å². The summed E-state index contributed by atoms with van der Waals surface area (Å²) in [6.07, 6.45) is 6.67. The molecule has 0 radical (unpaired) electrons. The summed E-state index contributed by atoms with van der Waals surface area (Å²) < 4.78 is 5.39. The molecule has 4 aliphatic carbocycles. The van der Waals surface area contributed by atoms with Crippen LogP contribution in [0, 0.1) is 17.8 Å². The van der Waals surface area contributed by atoms with Gasteiger partial charge in [0.25, 0.3) is 0 Å². The molecule has 4 rings (SSSR count). The smallest absolute Gasteiger partial charge is 0.391 e. The third-order valence-corrected chi connectivity index (χ3v) is 4.61. The Hall–Kier alpha value is -0.570. The molecule has 0 saturated heterocycles. The lowest BCUT2D eigenvalue weighted by molar-refractivity contribution is -0.186. The quantitative estimate of drug-likeness (QED) is 0.424. The molecule has 4 fully saturated rings. The van der Waals surface area contributed by atoms with Gasteiger partial charge in [-0.3, -0.25) is 4.79 Å². The normalized spacial score (nSPS) is 44.4. The van der Waals surface area contributed by atoms with Crippen LogP contribution in [-0.4, -0.2) is 16.8 Å². The van der Waals surface area contributed by atoms with Gasteiger partial charge in [0.1, 0.15) is 5.60 Å². The van der Waals surface area contributed by atoms with Crippen molar-refractivity contribution in [3.63, 3.8) is 0 Å². The van der Waals surface area contributed by atoms with Gasteiger partial charge in [0.2, 0.25) is 0 Å². The predicted molar refractivity (Wildman–Crippen MR) is 57.9 cm³/mol. The molecule has 0 aromatic rings. The maximum absolute atomic E-state index is 11.3. The third-order valence-electron chi connectivity index (χ3n) is 4.45. The molecule has 4 saturated carbocycles. The van der Waals surface area contributed by atoms with Gasteiger partial charge in [-0.25, -0.2) is 4.79 Å². The maximum atomic E-state index is 11.3. The van der Waals surface area contributed by atoms with Gasteiger partial charge in [0.05, 0.1) is 0 Å². The second-order valence-electron chi connectivity index (χ2n) is 5.76. The highest BCUT2D eigenvalue weighted by atomic mass is 35.5. The van der Waals surface area contributed by atoms with Gasteiger partial charge in [-0.1, -0.05) is 0 Å². The van der Waals surface area contributed by atoms with E-state index in [1.165, 1.54) is 19.3 Å². The van der Waals surface area contributed by atoms with Crippen molar-refractivity contribution in [2.24, 2.45) is 17.8 Å². The molecule has 0 N–H and O–H groups in total. The molecule has 88 valence electrons. The Morgan fingerprint density at radius 3 is 1.81 bits per heavy atom. The van der Waals surface area contributed by atoms with Crippen LogP contribution in [0.25, 0.3) is 0 Å². The molecule has 0 aliphatic heterocycles.